The Bertz CT molecular complexity index is 1050. The molecule has 126 valence electrons. The van der Waals surface area contributed by atoms with Crippen molar-refractivity contribution in [3.8, 4) is 0 Å². The van der Waals surface area contributed by atoms with Crippen LogP contribution >= 0.6 is 11.8 Å². The zero-order chi connectivity index (χ0) is 17.7. The molecular weight excluding hydrogens is 338 g/mol. The van der Waals surface area contributed by atoms with E-state index in [0.29, 0.717) is 0 Å². The Kier molecular flexibility index (Phi) is 3.57. The fraction of sp³-hybridized carbons (Fsp3) is 0.130. The van der Waals surface area contributed by atoms with Crippen molar-refractivity contribution in [3.63, 3.8) is 0 Å². The van der Waals surface area contributed by atoms with Gasteiger partial charge in [-0.15, -0.1) is 11.8 Å². The Morgan fingerprint density at radius 3 is 2.35 bits per heavy atom. The van der Waals surface area contributed by atoms with Crippen molar-refractivity contribution in [1.82, 2.24) is 0 Å². The van der Waals surface area contributed by atoms with Gasteiger partial charge >= 0.3 is 0 Å². The number of hydrogen-bond acceptors (Lipinski definition) is 3. The van der Waals surface area contributed by atoms with E-state index in [1.807, 2.05) is 42.5 Å². The SMILES string of the molecule is Cc1ccc([C@H]2Sc3ccccc3N=C3c4ccccc4C(=O)[C@H]32)cc1. The van der Waals surface area contributed by atoms with Gasteiger partial charge in [0.05, 0.1) is 22.6 Å². The molecule has 0 radical (unpaired) electrons. The second kappa shape index (κ2) is 5.96. The first-order chi connectivity index (χ1) is 12.7. The number of Topliss-reactive ketones (excluding diaryl/α,β-unsaturated/α-hetero) is 1. The van der Waals surface area contributed by atoms with Crippen molar-refractivity contribution in [1.29, 1.82) is 0 Å². The van der Waals surface area contributed by atoms with Crippen molar-refractivity contribution in [2.75, 3.05) is 0 Å². The molecule has 0 aromatic heterocycles. The number of benzene rings is 3. The van der Waals surface area contributed by atoms with Gasteiger partial charge in [0.25, 0.3) is 0 Å². The monoisotopic (exact) mass is 355 g/mol. The number of nitrogens with zero attached hydrogens (tertiary/aromatic N) is 1. The van der Waals surface area contributed by atoms with Gasteiger partial charge in [-0.05, 0) is 24.6 Å². The van der Waals surface area contributed by atoms with Gasteiger partial charge in [-0.1, -0.05) is 66.2 Å². The molecule has 0 amide bonds. The van der Waals surface area contributed by atoms with E-state index in [4.69, 9.17) is 4.99 Å². The zero-order valence-electron chi connectivity index (χ0n) is 14.3. The third-order valence-electron chi connectivity index (χ3n) is 5.11. The van der Waals surface area contributed by atoms with Gasteiger partial charge < -0.3 is 0 Å². The van der Waals surface area contributed by atoms with Crippen LogP contribution in [0.1, 0.15) is 32.3 Å². The lowest BCUT2D eigenvalue weighted by Gasteiger charge is -2.21. The minimum Gasteiger partial charge on any atom is -0.293 e. The largest absolute Gasteiger partial charge is 0.293 e. The fourth-order valence-corrected chi connectivity index (χ4v) is 5.14. The molecule has 26 heavy (non-hydrogen) atoms. The zero-order valence-corrected chi connectivity index (χ0v) is 15.2. The molecule has 5 rings (SSSR count). The van der Waals surface area contributed by atoms with E-state index >= 15 is 0 Å². The minimum absolute atomic E-state index is 0.0258. The molecule has 2 atom stereocenters. The standard InChI is InChI=1S/C23H17NOS/c1-14-10-12-15(13-11-14)23-20-21(16-6-2-3-7-17(16)22(20)25)24-18-8-4-5-9-19(18)26-23/h2-13,20,23H,1H3/t20-,23+/m0/s1. The van der Waals surface area contributed by atoms with Gasteiger partial charge in [-0.2, -0.15) is 0 Å². The summed E-state index contributed by atoms with van der Waals surface area (Å²) in [5, 5.41) is 0.0258. The van der Waals surface area contributed by atoms with Gasteiger partial charge in [-0.25, -0.2) is 0 Å². The molecule has 0 fully saturated rings. The molecule has 0 bridgehead atoms. The molecule has 0 saturated heterocycles. The summed E-state index contributed by atoms with van der Waals surface area (Å²) in [6.45, 7) is 2.09. The summed E-state index contributed by atoms with van der Waals surface area (Å²) in [5.74, 6) is -0.0577. The van der Waals surface area contributed by atoms with Crippen molar-refractivity contribution in [2.24, 2.45) is 10.9 Å². The number of fused-ring (bicyclic) bond motifs is 4. The maximum atomic E-state index is 13.3. The summed E-state index contributed by atoms with van der Waals surface area (Å²) in [5.41, 5.74) is 6.05. The lowest BCUT2D eigenvalue weighted by atomic mass is 9.93. The molecule has 0 spiro atoms. The Morgan fingerprint density at radius 2 is 1.54 bits per heavy atom. The number of rotatable bonds is 1. The summed E-state index contributed by atoms with van der Waals surface area (Å²) in [6.07, 6.45) is 0. The van der Waals surface area contributed by atoms with Crippen LogP contribution in [0.3, 0.4) is 0 Å². The molecule has 0 unspecified atom stereocenters. The topological polar surface area (TPSA) is 29.4 Å². The Balaban J connectivity index is 1.75. The van der Waals surface area contributed by atoms with E-state index in [0.717, 1.165) is 27.4 Å². The van der Waals surface area contributed by atoms with Crippen molar-refractivity contribution in [3.05, 3.63) is 95.1 Å². The van der Waals surface area contributed by atoms with Gasteiger partial charge in [0.1, 0.15) is 0 Å². The number of thioether (sulfide) groups is 1. The summed E-state index contributed by atoms with van der Waals surface area (Å²) in [6, 6.07) is 24.6. The summed E-state index contributed by atoms with van der Waals surface area (Å²) in [4.78, 5) is 19.4. The number of aliphatic imine (C=N–C) groups is 1. The smallest absolute Gasteiger partial charge is 0.174 e. The first-order valence-electron chi connectivity index (χ1n) is 8.77. The van der Waals surface area contributed by atoms with Crippen molar-refractivity contribution < 1.29 is 4.79 Å². The highest BCUT2D eigenvalue weighted by atomic mass is 32.2. The summed E-state index contributed by atoms with van der Waals surface area (Å²) < 4.78 is 0. The molecule has 2 nitrogen and oxygen atoms in total. The molecule has 0 N–H and O–H groups in total. The van der Waals surface area contributed by atoms with Crippen LogP contribution in [0, 0.1) is 12.8 Å². The highest BCUT2D eigenvalue weighted by Gasteiger charge is 2.44. The van der Waals surface area contributed by atoms with Crippen LogP contribution in [0.15, 0.2) is 82.7 Å². The number of carbonyl (C=O) groups is 1. The van der Waals surface area contributed by atoms with E-state index in [1.165, 1.54) is 11.1 Å². The first kappa shape index (κ1) is 15.6. The van der Waals surface area contributed by atoms with Crippen LogP contribution in [0.25, 0.3) is 0 Å². The Morgan fingerprint density at radius 1 is 0.846 bits per heavy atom. The van der Waals surface area contributed by atoms with Gasteiger partial charge in [-0.3, -0.25) is 9.79 Å². The lowest BCUT2D eigenvalue weighted by molar-refractivity contribution is 0.0960. The molecule has 0 saturated carbocycles. The average molecular weight is 355 g/mol. The average Bonchev–Trinajstić information content (AvgIpc) is 2.84. The molecule has 3 heteroatoms. The van der Waals surface area contributed by atoms with Gasteiger partial charge in [0, 0.05) is 16.0 Å². The van der Waals surface area contributed by atoms with Gasteiger partial charge in [0.2, 0.25) is 0 Å². The molecule has 1 aliphatic heterocycles. The number of hydrogen-bond donors (Lipinski definition) is 0. The highest BCUT2D eigenvalue weighted by molar-refractivity contribution is 7.99. The number of aryl methyl sites for hydroxylation is 1. The molecule has 2 aliphatic rings. The number of para-hydroxylation sites is 1. The van der Waals surface area contributed by atoms with Crippen LogP contribution in [0.2, 0.25) is 0 Å². The maximum absolute atomic E-state index is 13.3. The van der Waals surface area contributed by atoms with E-state index in [-0.39, 0.29) is 17.0 Å². The van der Waals surface area contributed by atoms with E-state index in [9.17, 15) is 4.79 Å². The second-order valence-corrected chi connectivity index (χ2v) is 7.98. The van der Waals surface area contributed by atoms with Crippen molar-refractivity contribution >= 4 is 28.9 Å². The molecule has 3 aromatic carbocycles. The van der Waals surface area contributed by atoms with Crippen LogP contribution in [0.4, 0.5) is 5.69 Å². The molecular formula is C23H17NOS. The second-order valence-electron chi connectivity index (χ2n) is 6.80. The van der Waals surface area contributed by atoms with Crippen LogP contribution in [-0.4, -0.2) is 11.5 Å². The van der Waals surface area contributed by atoms with Crippen LogP contribution in [0.5, 0.6) is 0 Å². The Hall–Kier alpha value is -2.65. The quantitative estimate of drug-likeness (QED) is 0.554. The number of ketones is 1. The minimum atomic E-state index is -0.243. The fourth-order valence-electron chi connectivity index (χ4n) is 3.79. The van der Waals surface area contributed by atoms with Crippen LogP contribution in [-0.2, 0) is 0 Å². The van der Waals surface area contributed by atoms with E-state index in [2.05, 4.69) is 37.3 Å². The molecule has 1 aliphatic carbocycles. The van der Waals surface area contributed by atoms with E-state index in [1.54, 1.807) is 11.8 Å². The molecule has 1 heterocycles. The van der Waals surface area contributed by atoms with Gasteiger partial charge in [0.15, 0.2) is 5.78 Å². The highest BCUT2D eigenvalue weighted by Crippen LogP contribution is 2.51. The third-order valence-corrected chi connectivity index (χ3v) is 6.51. The first-order valence-corrected chi connectivity index (χ1v) is 9.65. The third kappa shape index (κ3) is 2.35. The van der Waals surface area contributed by atoms with E-state index < -0.39 is 0 Å². The van der Waals surface area contributed by atoms with Crippen molar-refractivity contribution in [2.45, 2.75) is 17.1 Å². The number of carbonyl (C=O) groups excluding carboxylic acids is 1. The normalized spacial score (nSPS) is 20.7. The summed E-state index contributed by atoms with van der Waals surface area (Å²) >= 11 is 1.75. The molecule has 3 aromatic rings. The predicted octanol–water partition coefficient (Wildman–Crippen LogP) is 5.78. The lowest BCUT2D eigenvalue weighted by Crippen LogP contribution is -2.21. The Labute approximate surface area is 157 Å². The predicted molar refractivity (Wildman–Crippen MR) is 107 cm³/mol. The van der Waals surface area contributed by atoms with Crippen LogP contribution < -0.4 is 0 Å². The summed E-state index contributed by atoms with van der Waals surface area (Å²) in [7, 11) is 0. The maximum Gasteiger partial charge on any atom is 0.174 e.